The Morgan fingerprint density at radius 3 is 2.23 bits per heavy atom. The summed E-state index contributed by atoms with van der Waals surface area (Å²) < 4.78 is 35.3. The van der Waals surface area contributed by atoms with Crippen LogP contribution in [-0.2, 0) is 34.5 Å². The molecule has 0 radical (unpaired) electrons. The third-order valence-electron chi connectivity index (χ3n) is 4.44. The molecule has 2 atom stereocenters. The standard InChI is InChI=1S/C21H25NO5.O3S/c1-14(23)18(13-27-21(25)15(2)26-3)9-11-20(24)22-19-10-8-16-6-4-5-7-17(16)12-19;1-4(2)3/h4-8,10,12,15,18H,9,11,13H2,1-3H3,(H,22,24);. The molecule has 31 heavy (non-hydrogen) atoms. The van der Waals surface area contributed by atoms with Crippen molar-refractivity contribution in [1.29, 1.82) is 0 Å². The third kappa shape index (κ3) is 9.96. The quantitative estimate of drug-likeness (QED) is 0.575. The maximum atomic E-state index is 12.2. The fourth-order valence-corrected chi connectivity index (χ4v) is 2.60. The molecule has 0 aliphatic rings. The van der Waals surface area contributed by atoms with Gasteiger partial charge in [0.1, 0.15) is 12.4 Å². The van der Waals surface area contributed by atoms with E-state index >= 15 is 0 Å². The zero-order valence-electron chi connectivity index (χ0n) is 17.5. The van der Waals surface area contributed by atoms with Crippen LogP contribution in [0.5, 0.6) is 0 Å². The van der Waals surface area contributed by atoms with Crippen molar-refractivity contribution in [1.82, 2.24) is 0 Å². The van der Waals surface area contributed by atoms with Gasteiger partial charge in [0, 0.05) is 19.2 Å². The largest absolute Gasteiger partial charge is 0.463 e. The summed E-state index contributed by atoms with van der Waals surface area (Å²) in [4.78, 5) is 35.6. The van der Waals surface area contributed by atoms with Crippen LogP contribution in [0.2, 0.25) is 0 Å². The highest BCUT2D eigenvalue weighted by atomic mass is 32.2. The number of carbonyl (C=O) groups excluding carboxylic acids is 3. The molecule has 0 spiro atoms. The molecule has 0 saturated carbocycles. The summed E-state index contributed by atoms with van der Waals surface area (Å²) in [7, 11) is -1.70. The minimum Gasteiger partial charge on any atom is -0.463 e. The van der Waals surface area contributed by atoms with E-state index in [1.807, 2.05) is 42.5 Å². The summed E-state index contributed by atoms with van der Waals surface area (Å²) in [6, 6.07) is 13.6. The highest BCUT2D eigenvalue weighted by Crippen LogP contribution is 2.19. The molecule has 2 aromatic rings. The van der Waals surface area contributed by atoms with Crippen molar-refractivity contribution in [2.75, 3.05) is 19.0 Å². The van der Waals surface area contributed by atoms with Gasteiger partial charge in [0.15, 0.2) is 6.10 Å². The summed E-state index contributed by atoms with van der Waals surface area (Å²) in [5, 5.41) is 4.98. The fraction of sp³-hybridized carbons (Fsp3) is 0.381. The van der Waals surface area contributed by atoms with Gasteiger partial charge in [-0.05, 0) is 43.2 Å². The Bertz CT molecular complexity index is 1010. The number of Topliss-reactive ketones (excluding diaryl/α,β-unsaturated/α-hetero) is 1. The number of carbonyl (C=O) groups is 3. The summed E-state index contributed by atoms with van der Waals surface area (Å²) in [6.45, 7) is 2.95. The molecule has 0 bridgehead atoms. The van der Waals surface area contributed by atoms with Crippen LogP contribution < -0.4 is 5.32 Å². The van der Waals surface area contributed by atoms with Crippen LogP contribution in [0, 0.1) is 5.92 Å². The normalized spacial score (nSPS) is 12.1. The Hall–Kier alpha value is -3.11. The number of nitrogens with one attached hydrogen (secondary N) is 1. The molecule has 2 unspecified atom stereocenters. The number of ether oxygens (including phenoxy) is 2. The van der Waals surface area contributed by atoms with Crippen LogP contribution in [0.1, 0.15) is 26.7 Å². The second kappa shape index (κ2) is 13.2. The van der Waals surface area contributed by atoms with Crippen molar-refractivity contribution in [3.05, 3.63) is 42.5 Å². The van der Waals surface area contributed by atoms with Crippen molar-refractivity contribution in [3.63, 3.8) is 0 Å². The molecule has 0 saturated heterocycles. The lowest BCUT2D eigenvalue weighted by Gasteiger charge is -2.16. The first kappa shape index (κ1) is 25.9. The van der Waals surface area contributed by atoms with Crippen LogP contribution >= 0.6 is 0 Å². The maximum Gasteiger partial charge on any atom is 0.425 e. The Labute approximate surface area is 181 Å². The van der Waals surface area contributed by atoms with E-state index in [4.69, 9.17) is 22.1 Å². The highest BCUT2D eigenvalue weighted by molar-refractivity contribution is 7.59. The Morgan fingerprint density at radius 2 is 1.65 bits per heavy atom. The first-order chi connectivity index (χ1) is 14.6. The lowest BCUT2D eigenvalue weighted by Crippen LogP contribution is -2.27. The van der Waals surface area contributed by atoms with Gasteiger partial charge in [-0.1, -0.05) is 30.3 Å². The second-order valence-corrected chi connectivity index (χ2v) is 7.08. The van der Waals surface area contributed by atoms with Gasteiger partial charge in [0.2, 0.25) is 5.91 Å². The predicted octanol–water partition coefficient (Wildman–Crippen LogP) is 2.34. The van der Waals surface area contributed by atoms with E-state index in [-0.39, 0.29) is 24.7 Å². The van der Waals surface area contributed by atoms with Crippen molar-refractivity contribution in [3.8, 4) is 0 Å². The highest BCUT2D eigenvalue weighted by Gasteiger charge is 2.20. The molecular formula is C21H25NO8S. The molecular weight excluding hydrogens is 426 g/mol. The summed E-state index contributed by atoms with van der Waals surface area (Å²) >= 11 is 0. The monoisotopic (exact) mass is 451 g/mol. The van der Waals surface area contributed by atoms with E-state index in [1.54, 1.807) is 6.92 Å². The average molecular weight is 451 g/mol. The molecule has 10 heteroatoms. The summed E-state index contributed by atoms with van der Waals surface area (Å²) in [5.41, 5.74) is 0.707. The molecule has 1 amide bonds. The lowest BCUT2D eigenvalue weighted by atomic mass is 10.00. The van der Waals surface area contributed by atoms with E-state index in [0.29, 0.717) is 12.1 Å². The SMILES string of the molecule is COC(C)C(=O)OCC(CCC(=O)Nc1ccc2ccccc2c1)C(C)=O.O=S(=O)=O. The Kier molecular flexibility index (Phi) is 11.1. The number of rotatable bonds is 9. The van der Waals surface area contributed by atoms with Gasteiger partial charge in [0.05, 0.1) is 5.92 Å². The van der Waals surface area contributed by atoms with Crippen LogP contribution in [-0.4, -0.2) is 50.1 Å². The number of anilines is 1. The first-order valence-electron chi connectivity index (χ1n) is 9.39. The predicted molar refractivity (Wildman–Crippen MR) is 113 cm³/mol. The van der Waals surface area contributed by atoms with E-state index in [0.717, 1.165) is 10.8 Å². The molecule has 0 fully saturated rings. The van der Waals surface area contributed by atoms with Crippen LogP contribution in [0.15, 0.2) is 42.5 Å². The number of hydrogen-bond acceptors (Lipinski definition) is 8. The number of fused-ring (bicyclic) bond motifs is 1. The van der Waals surface area contributed by atoms with Gasteiger partial charge >= 0.3 is 16.6 Å². The van der Waals surface area contributed by atoms with Gasteiger partial charge in [-0.25, -0.2) is 4.79 Å². The first-order valence-corrected chi connectivity index (χ1v) is 10.4. The zero-order valence-corrected chi connectivity index (χ0v) is 18.3. The summed E-state index contributed by atoms with van der Waals surface area (Å²) in [6.07, 6.45) is -0.216. The van der Waals surface area contributed by atoms with Crippen LogP contribution in [0.25, 0.3) is 10.8 Å². The smallest absolute Gasteiger partial charge is 0.425 e. The average Bonchev–Trinajstić information content (AvgIpc) is 2.72. The molecule has 0 aliphatic carbocycles. The van der Waals surface area contributed by atoms with Gasteiger partial charge in [0.25, 0.3) is 0 Å². The third-order valence-corrected chi connectivity index (χ3v) is 4.44. The molecule has 0 aromatic heterocycles. The molecule has 2 rings (SSSR count). The minimum absolute atomic E-state index is 0.0505. The van der Waals surface area contributed by atoms with E-state index in [1.165, 1.54) is 14.0 Å². The van der Waals surface area contributed by atoms with E-state index in [2.05, 4.69) is 5.32 Å². The molecule has 9 nitrogen and oxygen atoms in total. The van der Waals surface area contributed by atoms with Crippen LogP contribution in [0.4, 0.5) is 5.69 Å². The Balaban J connectivity index is 0.00000110. The number of ketones is 1. The number of hydrogen-bond donors (Lipinski definition) is 1. The molecule has 168 valence electrons. The van der Waals surface area contributed by atoms with Gasteiger partial charge in [-0.15, -0.1) is 12.6 Å². The van der Waals surface area contributed by atoms with Crippen molar-refractivity contribution in [2.24, 2.45) is 5.92 Å². The van der Waals surface area contributed by atoms with Crippen molar-refractivity contribution in [2.45, 2.75) is 32.8 Å². The minimum atomic E-state index is -3.11. The van der Waals surface area contributed by atoms with Gasteiger partial charge in [-0.2, -0.15) is 0 Å². The van der Waals surface area contributed by atoms with Gasteiger partial charge < -0.3 is 14.8 Å². The van der Waals surface area contributed by atoms with Crippen molar-refractivity contribution < 1.29 is 36.5 Å². The van der Waals surface area contributed by atoms with Crippen LogP contribution in [0.3, 0.4) is 0 Å². The fourth-order valence-electron chi connectivity index (χ4n) is 2.60. The van der Waals surface area contributed by atoms with Crippen molar-refractivity contribution >= 4 is 44.7 Å². The summed E-state index contributed by atoms with van der Waals surface area (Å²) in [5.74, 6) is -1.34. The number of benzene rings is 2. The Morgan fingerprint density at radius 1 is 1.03 bits per heavy atom. The van der Waals surface area contributed by atoms with E-state index in [9.17, 15) is 14.4 Å². The van der Waals surface area contributed by atoms with E-state index < -0.39 is 28.6 Å². The lowest BCUT2D eigenvalue weighted by molar-refractivity contribution is -0.156. The molecule has 1 N–H and O–H groups in total. The molecule has 0 heterocycles. The zero-order chi connectivity index (χ0) is 23.4. The number of amides is 1. The number of esters is 1. The topological polar surface area (TPSA) is 133 Å². The van der Waals surface area contributed by atoms with Gasteiger partial charge in [-0.3, -0.25) is 9.59 Å². The molecule has 0 aliphatic heterocycles. The molecule has 2 aromatic carbocycles. The maximum absolute atomic E-state index is 12.2. The second-order valence-electron chi connectivity index (χ2n) is 6.67. The number of methoxy groups -OCH3 is 1.